The highest BCUT2D eigenvalue weighted by Crippen LogP contribution is 2.31. The van der Waals surface area contributed by atoms with Gasteiger partial charge in [-0.05, 0) is 55.0 Å². The van der Waals surface area contributed by atoms with Gasteiger partial charge in [-0.15, -0.1) is 11.3 Å². The van der Waals surface area contributed by atoms with Gasteiger partial charge in [0.2, 0.25) is 5.60 Å². The Morgan fingerprint density at radius 2 is 1.69 bits per heavy atom. The number of aliphatic carboxylic acids is 1. The van der Waals surface area contributed by atoms with Crippen molar-refractivity contribution in [2.75, 3.05) is 0 Å². The number of nitrogens with zero attached hydrogens (tertiary/aromatic N) is 2. The molecule has 2 aromatic carbocycles. The number of hydrogen-bond donors (Lipinski definition) is 1. The summed E-state index contributed by atoms with van der Waals surface area (Å²) in [6.07, 6.45) is -3.31. The van der Waals surface area contributed by atoms with Crippen LogP contribution >= 0.6 is 11.3 Å². The number of halogens is 3. The van der Waals surface area contributed by atoms with Gasteiger partial charge < -0.3 is 14.6 Å². The van der Waals surface area contributed by atoms with Crippen molar-refractivity contribution in [1.82, 2.24) is 9.97 Å². The highest BCUT2D eigenvalue weighted by atomic mass is 32.1. The van der Waals surface area contributed by atoms with Crippen LogP contribution < -0.4 is 9.47 Å². The van der Waals surface area contributed by atoms with Crippen molar-refractivity contribution >= 4 is 17.3 Å². The Kier molecular flexibility index (Phi) is 7.25. The molecule has 2 aromatic heterocycles. The van der Waals surface area contributed by atoms with Crippen molar-refractivity contribution in [3.05, 3.63) is 95.1 Å². The number of hydrogen-bond acceptors (Lipinski definition) is 6. The van der Waals surface area contributed by atoms with Gasteiger partial charge in [0.1, 0.15) is 23.8 Å². The minimum Gasteiger partial charge on any atom is -0.488 e. The molecule has 186 valence electrons. The first kappa shape index (κ1) is 25.2. The lowest BCUT2D eigenvalue weighted by molar-refractivity contribution is -0.153. The molecule has 1 atom stereocenters. The van der Waals surface area contributed by atoms with Crippen molar-refractivity contribution in [2.24, 2.45) is 0 Å². The van der Waals surface area contributed by atoms with Crippen molar-refractivity contribution in [1.29, 1.82) is 0 Å². The van der Waals surface area contributed by atoms with E-state index in [4.69, 9.17) is 9.47 Å². The average Bonchev–Trinajstić information content (AvgIpc) is 3.33. The van der Waals surface area contributed by atoms with E-state index in [2.05, 4.69) is 9.97 Å². The van der Waals surface area contributed by atoms with E-state index in [1.807, 2.05) is 6.07 Å². The molecule has 1 N–H and O–H groups in total. The number of carboxylic acid groups (broad SMARTS) is 1. The van der Waals surface area contributed by atoms with E-state index in [9.17, 15) is 23.1 Å². The normalized spacial score (nSPS) is 13.1. The van der Waals surface area contributed by atoms with Gasteiger partial charge in [0.15, 0.2) is 5.82 Å². The Morgan fingerprint density at radius 1 is 0.972 bits per heavy atom. The van der Waals surface area contributed by atoms with Crippen LogP contribution in [0.1, 0.15) is 23.1 Å². The fraction of sp³-hybridized carbons (Fsp3) is 0.192. The number of para-hydroxylation sites is 1. The Balaban J connectivity index is 1.38. The number of carbonyl (C=O) groups is 1. The van der Waals surface area contributed by atoms with E-state index in [-0.39, 0.29) is 18.9 Å². The second kappa shape index (κ2) is 10.4. The summed E-state index contributed by atoms with van der Waals surface area (Å²) in [5.74, 6) is -0.0483. The number of thiophene rings is 1. The van der Waals surface area contributed by atoms with Crippen LogP contribution in [-0.4, -0.2) is 26.6 Å². The van der Waals surface area contributed by atoms with Gasteiger partial charge in [-0.3, -0.25) is 0 Å². The highest BCUT2D eigenvalue weighted by Gasteiger charge is 2.36. The first-order valence-corrected chi connectivity index (χ1v) is 11.6. The number of alkyl halides is 3. The molecule has 0 saturated heterocycles. The lowest BCUT2D eigenvalue weighted by Crippen LogP contribution is -2.43. The van der Waals surface area contributed by atoms with E-state index < -0.39 is 23.4 Å². The maximum atomic E-state index is 12.9. The maximum absolute atomic E-state index is 12.9. The third-order valence-electron chi connectivity index (χ3n) is 5.21. The highest BCUT2D eigenvalue weighted by molar-refractivity contribution is 7.15. The average molecular weight is 515 g/mol. The Morgan fingerprint density at radius 3 is 2.36 bits per heavy atom. The van der Waals surface area contributed by atoms with Crippen LogP contribution in [0.25, 0.3) is 10.7 Å². The summed E-state index contributed by atoms with van der Waals surface area (Å²) >= 11 is 1.24. The van der Waals surface area contributed by atoms with Crippen LogP contribution in [0.5, 0.6) is 11.5 Å². The zero-order valence-corrected chi connectivity index (χ0v) is 19.8. The molecule has 0 radical (unpaired) electrons. The lowest BCUT2D eigenvalue weighted by atomic mass is 9.96. The van der Waals surface area contributed by atoms with Crippen LogP contribution in [0.3, 0.4) is 0 Å². The molecule has 4 rings (SSSR count). The molecule has 0 aliphatic heterocycles. The van der Waals surface area contributed by atoms with E-state index in [1.54, 1.807) is 60.7 Å². The molecule has 4 aromatic rings. The lowest BCUT2D eigenvalue weighted by Gasteiger charge is -2.26. The van der Waals surface area contributed by atoms with Gasteiger partial charge in [-0.2, -0.15) is 13.2 Å². The molecule has 0 fully saturated rings. The number of aromatic nitrogens is 2. The molecule has 0 aliphatic carbocycles. The van der Waals surface area contributed by atoms with E-state index in [1.165, 1.54) is 18.3 Å². The fourth-order valence-electron chi connectivity index (χ4n) is 3.36. The fourth-order valence-corrected chi connectivity index (χ4v) is 4.22. The molecule has 0 spiro atoms. The Labute approximate surface area is 209 Å². The topological polar surface area (TPSA) is 81.5 Å². The van der Waals surface area contributed by atoms with Gasteiger partial charge in [0, 0.05) is 17.5 Å². The summed E-state index contributed by atoms with van der Waals surface area (Å²) < 4.78 is 50.3. The number of carboxylic acids is 1. The largest absolute Gasteiger partial charge is 0.488 e. The standard InChI is InChI=1S/C26H21F3N2O4S/c1-25(24(32)33,35-19-5-3-2-4-6-19)15-17-7-9-18(10-8-17)34-16-20-11-12-21(36-20)23-30-14-13-22(31-23)26(27,28)29/h2-14H,15-16H2,1H3,(H,32,33). The second-order valence-corrected chi connectivity index (χ2v) is 9.26. The molecule has 6 nitrogen and oxygen atoms in total. The predicted octanol–water partition coefficient (Wildman–Crippen LogP) is 6.27. The molecule has 2 heterocycles. The zero-order valence-electron chi connectivity index (χ0n) is 19.0. The summed E-state index contributed by atoms with van der Waals surface area (Å²) in [6.45, 7) is 1.72. The van der Waals surface area contributed by atoms with Crippen LogP contribution in [0.15, 0.2) is 79.0 Å². The van der Waals surface area contributed by atoms with Crippen molar-refractivity contribution in [3.63, 3.8) is 0 Å². The Hall–Kier alpha value is -3.92. The van der Waals surface area contributed by atoms with Gasteiger partial charge in [-0.1, -0.05) is 30.3 Å². The first-order chi connectivity index (χ1) is 17.1. The molecular weight excluding hydrogens is 493 g/mol. The smallest absolute Gasteiger partial charge is 0.433 e. The van der Waals surface area contributed by atoms with Crippen molar-refractivity contribution in [3.8, 4) is 22.2 Å². The number of rotatable bonds is 9. The molecular formula is C26H21F3N2O4S. The summed E-state index contributed by atoms with van der Waals surface area (Å²) in [6, 6.07) is 20.0. The summed E-state index contributed by atoms with van der Waals surface area (Å²) in [4.78, 5) is 20.7. The van der Waals surface area contributed by atoms with E-state index >= 15 is 0 Å². The van der Waals surface area contributed by atoms with Crippen LogP contribution in [0.4, 0.5) is 13.2 Å². The third kappa shape index (κ3) is 6.19. The SMILES string of the molecule is CC(Cc1ccc(OCc2ccc(-c3nccc(C(F)(F)F)n3)s2)cc1)(Oc1ccccc1)C(=O)O. The zero-order chi connectivity index (χ0) is 25.8. The Bertz CT molecular complexity index is 1330. The molecule has 10 heteroatoms. The van der Waals surface area contributed by atoms with E-state index in [0.29, 0.717) is 16.4 Å². The van der Waals surface area contributed by atoms with E-state index in [0.717, 1.165) is 22.7 Å². The van der Waals surface area contributed by atoms with Gasteiger partial charge >= 0.3 is 12.1 Å². The predicted molar refractivity (Wildman–Crippen MR) is 128 cm³/mol. The summed E-state index contributed by atoms with van der Waals surface area (Å²) in [7, 11) is 0. The first-order valence-electron chi connectivity index (χ1n) is 10.8. The van der Waals surface area contributed by atoms with Crippen LogP contribution in [-0.2, 0) is 24.0 Å². The summed E-state index contributed by atoms with van der Waals surface area (Å²) in [5.41, 5.74) is -1.70. The molecule has 36 heavy (non-hydrogen) atoms. The molecule has 0 amide bonds. The van der Waals surface area contributed by atoms with Crippen LogP contribution in [0.2, 0.25) is 0 Å². The van der Waals surface area contributed by atoms with Gasteiger partial charge in [-0.25, -0.2) is 14.8 Å². The molecule has 0 aliphatic rings. The monoisotopic (exact) mass is 514 g/mol. The van der Waals surface area contributed by atoms with Crippen LogP contribution in [0, 0.1) is 0 Å². The molecule has 0 saturated carbocycles. The maximum Gasteiger partial charge on any atom is 0.433 e. The summed E-state index contributed by atoms with van der Waals surface area (Å²) in [5, 5.41) is 9.75. The number of ether oxygens (including phenoxy) is 2. The minimum atomic E-state index is -4.54. The van der Waals surface area contributed by atoms with Gasteiger partial charge in [0.25, 0.3) is 0 Å². The third-order valence-corrected chi connectivity index (χ3v) is 6.27. The molecule has 1 unspecified atom stereocenters. The quantitative estimate of drug-likeness (QED) is 0.284. The van der Waals surface area contributed by atoms with Gasteiger partial charge in [0.05, 0.1) is 4.88 Å². The van der Waals surface area contributed by atoms with Crippen molar-refractivity contribution in [2.45, 2.75) is 31.7 Å². The number of benzene rings is 2. The second-order valence-electron chi connectivity index (χ2n) is 8.09. The van der Waals surface area contributed by atoms with Crippen molar-refractivity contribution < 1.29 is 32.5 Å². The molecule has 0 bridgehead atoms. The minimum absolute atomic E-state index is 0.00429.